The molecule has 1 heterocycles. The normalized spacial score (nSPS) is 15.8. The van der Waals surface area contributed by atoms with Gasteiger partial charge in [-0.2, -0.15) is 0 Å². The minimum absolute atomic E-state index is 0.0662. The second-order valence-electron chi connectivity index (χ2n) is 7.30. The van der Waals surface area contributed by atoms with Crippen LogP contribution in [-0.2, 0) is 24.3 Å². The Morgan fingerprint density at radius 3 is 2.33 bits per heavy atom. The third-order valence-electron chi connectivity index (χ3n) is 4.98. The van der Waals surface area contributed by atoms with Gasteiger partial charge < -0.3 is 10.1 Å². The topological polar surface area (TPSA) is 114 Å². The van der Waals surface area contributed by atoms with E-state index in [1.54, 1.807) is 30.3 Å². The van der Waals surface area contributed by atoms with Gasteiger partial charge in [0.2, 0.25) is 0 Å². The molecule has 8 nitrogen and oxygen atoms in total. The van der Waals surface area contributed by atoms with Crippen LogP contribution in [0.2, 0.25) is 0 Å². The second kappa shape index (κ2) is 9.25. The zero-order valence-corrected chi connectivity index (χ0v) is 18.5. The number of hydrogen-bond acceptors (Lipinski definition) is 6. The van der Waals surface area contributed by atoms with Gasteiger partial charge in [-0.05, 0) is 30.7 Å². The number of anilines is 1. The Kier molecular flexibility index (Phi) is 6.23. The van der Waals surface area contributed by atoms with Crippen molar-refractivity contribution in [3.8, 4) is 11.1 Å². The zero-order chi connectivity index (χ0) is 23.4. The standard InChI is InChI=1S/C24H21N3O5S/c1-16(24(29)26-20-13-7-5-11-18(20)17-9-3-2-4-10-17)32-22(28)15-25-23-19-12-6-8-14-21(19)33(30,31)27-23/h2-14,16H,15H2,1H3,(H,25,27)(H,26,29). The molecule has 9 heteroatoms. The van der Waals surface area contributed by atoms with E-state index in [0.717, 1.165) is 11.1 Å². The van der Waals surface area contributed by atoms with Gasteiger partial charge in [-0.25, -0.2) is 8.42 Å². The summed E-state index contributed by atoms with van der Waals surface area (Å²) in [6, 6.07) is 23.2. The molecular weight excluding hydrogens is 442 g/mol. The lowest BCUT2D eigenvalue weighted by Gasteiger charge is -2.15. The van der Waals surface area contributed by atoms with Crippen molar-refractivity contribution >= 4 is 33.4 Å². The molecule has 3 aromatic rings. The Morgan fingerprint density at radius 1 is 0.939 bits per heavy atom. The van der Waals surface area contributed by atoms with E-state index in [0.29, 0.717) is 11.3 Å². The molecule has 3 aromatic carbocycles. The molecule has 4 rings (SSSR count). The van der Waals surface area contributed by atoms with Crippen LogP contribution < -0.4 is 10.0 Å². The summed E-state index contributed by atoms with van der Waals surface area (Å²) in [5, 5.41) is 2.79. The van der Waals surface area contributed by atoms with Crippen LogP contribution in [0.1, 0.15) is 12.5 Å². The third-order valence-corrected chi connectivity index (χ3v) is 6.37. The predicted octanol–water partition coefficient (Wildman–Crippen LogP) is 2.96. The Labute approximate surface area is 191 Å². The number of carbonyl (C=O) groups excluding carboxylic acids is 2. The smallest absolute Gasteiger partial charge is 0.328 e. The number of ether oxygens (including phenoxy) is 1. The van der Waals surface area contributed by atoms with Crippen LogP contribution in [0, 0.1) is 0 Å². The highest BCUT2D eigenvalue weighted by atomic mass is 32.2. The maximum Gasteiger partial charge on any atom is 0.328 e. The van der Waals surface area contributed by atoms with Crippen LogP contribution in [0.4, 0.5) is 5.69 Å². The lowest BCUT2D eigenvalue weighted by Crippen LogP contribution is -2.31. The minimum atomic E-state index is -3.70. The van der Waals surface area contributed by atoms with Crippen molar-refractivity contribution in [1.29, 1.82) is 0 Å². The number of sulfonamides is 1. The number of hydrogen-bond donors (Lipinski definition) is 2. The van der Waals surface area contributed by atoms with Crippen LogP contribution in [0.5, 0.6) is 0 Å². The van der Waals surface area contributed by atoms with Crippen molar-refractivity contribution < 1.29 is 22.7 Å². The van der Waals surface area contributed by atoms with Crippen LogP contribution in [0.25, 0.3) is 11.1 Å². The van der Waals surface area contributed by atoms with Gasteiger partial charge in [-0.3, -0.25) is 19.3 Å². The number of carbonyl (C=O) groups is 2. The van der Waals surface area contributed by atoms with Gasteiger partial charge in [0.05, 0.1) is 4.90 Å². The van der Waals surface area contributed by atoms with E-state index in [4.69, 9.17) is 4.74 Å². The van der Waals surface area contributed by atoms with Gasteiger partial charge in [0, 0.05) is 16.8 Å². The first kappa shape index (κ1) is 22.2. The number of para-hydroxylation sites is 1. The van der Waals surface area contributed by atoms with Crippen LogP contribution in [-0.4, -0.2) is 38.8 Å². The Balaban J connectivity index is 1.40. The van der Waals surface area contributed by atoms with Crippen LogP contribution >= 0.6 is 0 Å². The molecule has 1 amide bonds. The van der Waals surface area contributed by atoms with Crippen molar-refractivity contribution in [3.63, 3.8) is 0 Å². The number of nitrogens with zero attached hydrogens (tertiary/aromatic N) is 1. The molecule has 0 fully saturated rings. The number of nitrogens with one attached hydrogen (secondary N) is 2. The quantitative estimate of drug-likeness (QED) is 0.546. The Hall–Kier alpha value is -3.98. The van der Waals surface area contributed by atoms with Gasteiger partial charge in [0.1, 0.15) is 12.4 Å². The fraction of sp³-hybridized carbons (Fsp3) is 0.125. The second-order valence-corrected chi connectivity index (χ2v) is 8.95. The van der Waals surface area contributed by atoms with E-state index < -0.39 is 34.5 Å². The first-order valence-electron chi connectivity index (χ1n) is 10.2. The maximum absolute atomic E-state index is 12.6. The molecule has 0 saturated carbocycles. The average Bonchev–Trinajstić information content (AvgIpc) is 3.09. The number of fused-ring (bicyclic) bond motifs is 1. The zero-order valence-electron chi connectivity index (χ0n) is 17.7. The van der Waals surface area contributed by atoms with Crippen molar-refractivity contribution in [2.75, 3.05) is 11.9 Å². The summed E-state index contributed by atoms with van der Waals surface area (Å²) >= 11 is 0. The molecule has 1 aliphatic heterocycles. The molecular formula is C24H21N3O5S. The monoisotopic (exact) mass is 463 g/mol. The molecule has 0 bridgehead atoms. The lowest BCUT2D eigenvalue weighted by molar-refractivity contribution is -0.151. The SMILES string of the molecule is CC(OC(=O)CN=C1NS(=O)(=O)c2ccccc21)C(=O)Nc1ccccc1-c1ccccc1. The summed E-state index contributed by atoms with van der Waals surface area (Å²) in [5.41, 5.74) is 2.75. The molecule has 1 aliphatic rings. The highest BCUT2D eigenvalue weighted by Gasteiger charge is 2.30. The maximum atomic E-state index is 12.6. The summed E-state index contributed by atoms with van der Waals surface area (Å²) < 4.78 is 31.7. The predicted molar refractivity (Wildman–Crippen MR) is 124 cm³/mol. The Bertz CT molecular complexity index is 1340. The first-order valence-corrected chi connectivity index (χ1v) is 11.6. The van der Waals surface area contributed by atoms with E-state index in [1.165, 1.54) is 13.0 Å². The molecule has 1 atom stereocenters. The van der Waals surface area contributed by atoms with Crippen molar-refractivity contribution in [1.82, 2.24) is 4.72 Å². The van der Waals surface area contributed by atoms with Crippen LogP contribution in [0.3, 0.4) is 0 Å². The molecule has 1 unspecified atom stereocenters. The van der Waals surface area contributed by atoms with Gasteiger partial charge >= 0.3 is 5.97 Å². The number of amidine groups is 1. The highest BCUT2D eigenvalue weighted by Crippen LogP contribution is 2.27. The molecule has 2 N–H and O–H groups in total. The van der Waals surface area contributed by atoms with Gasteiger partial charge in [0.15, 0.2) is 6.10 Å². The number of rotatable bonds is 6. The number of esters is 1. The average molecular weight is 464 g/mol. The first-order chi connectivity index (χ1) is 15.8. The fourth-order valence-corrected chi connectivity index (χ4v) is 4.63. The third kappa shape index (κ3) is 4.93. The molecule has 33 heavy (non-hydrogen) atoms. The van der Waals surface area contributed by atoms with Crippen molar-refractivity contribution in [2.45, 2.75) is 17.9 Å². The van der Waals surface area contributed by atoms with E-state index in [-0.39, 0.29) is 10.7 Å². The summed E-state index contributed by atoms with van der Waals surface area (Å²) in [6.45, 7) is 1.02. The van der Waals surface area contributed by atoms with Crippen LogP contribution in [0.15, 0.2) is 88.8 Å². The lowest BCUT2D eigenvalue weighted by atomic mass is 10.0. The number of amides is 1. The van der Waals surface area contributed by atoms with E-state index in [2.05, 4.69) is 15.0 Å². The van der Waals surface area contributed by atoms with Crippen molar-refractivity contribution in [2.24, 2.45) is 4.99 Å². The summed E-state index contributed by atoms with van der Waals surface area (Å²) in [4.78, 5) is 29.0. The number of benzene rings is 3. The molecule has 0 spiro atoms. The molecule has 0 aliphatic carbocycles. The minimum Gasteiger partial charge on any atom is -0.451 e. The summed E-state index contributed by atoms with van der Waals surface area (Å²) in [5.74, 6) is -1.19. The molecule has 0 saturated heterocycles. The van der Waals surface area contributed by atoms with E-state index in [9.17, 15) is 18.0 Å². The fourth-order valence-electron chi connectivity index (χ4n) is 3.38. The molecule has 168 valence electrons. The highest BCUT2D eigenvalue weighted by molar-refractivity contribution is 7.90. The van der Waals surface area contributed by atoms with Gasteiger partial charge in [-0.15, -0.1) is 0 Å². The summed E-state index contributed by atoms with van der Waals surface area (Å²) in [6.07, 6.45) is -1.07. The molecule has 0 radical (unpaired) electrons. The number of aliphatic imine (C=N–C) groups is 1. The Morgan fingerprint density at radius 2 is 1.58 bits per heavy atom. The summed E-state index contributed by atoms with van der Waals surface area (Å²) in [7, 11) is -3.70. The van der Waals surface area contributed by atoms with E-state index >= 15 is 0 Å². The largest absolute Gasteiger partial charge is 0.451 e. The molecule has 0 aromatic heterocycles. The van der Waals surface area contributed by atoms with Gasteiger partial charge in [-0.1, -0.05) is 60.7 Å². The van der Waals surface area contributed by atoms with Crippen molar-refractivity contribution in [3.05, 3.63) is 84.4 Å². The van der Waals surface area contributed by atoms with E-state index in [1.807, 2.05) is 42.5 Å². The van der Waals surface area contributed by atoms with Gasteiger partial charge in [0.25, 0.3) is 15.9 Å².